The number of hydrogen-bond donors (Lipinski definition) is 1. The molecule has 0 amide bonds. The third-order valence-corrected chi connectivity index (χ3v) is 7.95. The Morgan fingerprint density at radius 3 is 2.35 bits per heavy atom. The molecular formula is C25H27FN4O3S. The summed E-state index contributed by atoms with van der Waals surface area (Å²) in [6.07, 6.45) is 4.48. The summed E-state index contributed by atoms with van der Waals surface area (Å²) in [6.45, 7) is 2.12. The van der Waals surface area contributed by atoms with Gasteiger partial charge in [0.25, 0.3) is 10.0 Å². The topological polar surface area (TPSA) is 96.6 Å². The molecule has 0 radical (unpaired) electrons. The van der Waals surface area contributed by atoms with Crippen molar-refractivity contribution in [2.75, 3.05) is 36.2 Å². The van der Waals surface area contributed by atoms with E-state index in [0.717, 1.165) is 0 Å². The average Bonchev–Trinajstić information content (AvgIpc) is 2.85. The van der Waals surface area contributed by atoms with Crippen LogP contribution in [-0.2, 0) is 10.0 Å². The van der Waals surface area contributed by atoms with Crippen LogP contribution in [-0.4, -0.2) is 50.3 Å². The van der Waals surface area contributed by atoms with Gasteiger partial charge in [0, 0.05) is 36.5 Å². The summed E-state index contributed by atoms with van der Waals surface area (Å²) in [6, 6.07) is 15.2. The van der Waals surface area contributed by atoms with Crippen molar-refractivity contribution in [3.63, 3.8) is 0 Å². The van der Waals surface area contributed by atoms with Crippen molar-refractivity contribution in [2.24, 2.45) is 5.92 Å². The largest absolute Gasteiger partial charge is 0.399 e. The van der Waals surface area contributed by atoms with Crippen molar-refractivity contribution in [2.45, 2.75) is 17.7 Å². The fourth-order valence-corrected chi connectivity index (χ4v) is 5.60. The highest BCUT2D eigenvalue weighted by molar-refractivity contribution is 7.92. The summed E-state index contributed by atoms with van der Waals surface area (Å²) in [5.74, 6) is -0.448. The van der Waals surface area contributed by atoms with E-state index >= 15 is 0 Å². The van der Waals surface area contributed by atoms with E-state index in [4.69, 9.17) is 5.73 Å². The van der Waals surface area contributed by atoms with Crippen LogP contribution >= 0.6 is 0 Å². The molecule has 34 heavy (non-hydrogen) atoms. The van der Waals surface area contributed by atoms with Crippen molar-refractivity contribution < 1.29 is 17.6 Å². The number of likely N-dealkylation sites (tertiary alicyclic amines) is 1. The summed E-state index contributed by atoms with van der Waals surface area (Å²) in [7, 11) is -3.81. The third kappa shape index (κ3) is 5.43. The van der Waals surface area contributed by atoms with Crippen LogP contribution in [0.3, 0.4) is 0 Å². The number of nitrogens with zero attached hydrogens (tertiary/aromatic N) is 3. The smallest absolute Gasteiger partial charge is 0.264 e. The highest BCUT2D eigenvalue weighted by Gasteiger charge is 2.29. The van der Waals surface area contributed by atoms with Gasteiger partial charge in [-0.1, -0.05) is 0 Å². The number of aromatic nitrogens is 1. The maximum absolute atomic E-state index is 13.4. The zero-order chi connectivity index (χ0) is 24.1. The first-order chi connectivity index (χ1) is 16.3. The lowest BCUT2D eigenvalue weighted by Gasteiger charge is -2.33. The molecular weight excluding hydrogens is 455 g/mol. The molecule has 1 aliphatic rings. The van der Waals surface area contributed by atoms with Gasteiger partial charge in [-0.25, -0.2) is 12.8 Å². The minimum Gasteiger partial charge on any atom is -0.399 e. The number of pyridine rings is 1. The molecule has 7 nitrogen and oxygen atoms in total. The van der Waals surface area contributed by atoms with Gasteiger partial charge in [-0.15, -0.1) is 0 Å². The molecule has 0 atom stereocenters. The predicted octanol–water partition coefficient (Wildman–Crippen LogP) is 3.59. The lowest BCUT2D eigenvalue weighted by Crippen LogP contribution is -2.42. The number of piperidine rings is 1. The number of anilines is 2. The summed E-state index contributed by atoms with van der Waals surface area (Å²) in [5.41, 5.74) is 7.23. The summed E-state index contributed by atoms with van der Waals surface area (Å²) < 4.78 is 41.3. The average molecular weight is 483 g/mol. The van der Waals surface area contributed by atoms with E-state index in [1.165, 1.54) is 46.9 Å². The van der Waals surface area contributed by atoms with Gasteiger partial charge in [0.15, 0.2) is 5.78 Å². The van der Waals surface area contributed by atoms with Crippen molar-refractivity contribution in [3.8, 4) is 0 Å². The Hall–Kier alpha value is -3.30. The van der Waals surface area contributed by atoms with Gasteiger partial charge in [0.1, 0.15) is 5.82 Å². The zero-order valence-corrected chi connectivity index (χ0v) is 19.5. The van der Waals surface area contributed by atoms with E-state index in [0.29, 0.717) is 49.4 Å². The minimum absolute atomic E-state index is 0.0302. The van der Waals surface area contributed by atoms with Crippen LogP contribution in [0.5, 0.6) is 0 Å². The maximum atomic E-state index is 13.4. The van der Waals surface area contributed by atoms with Gasteiger partial charge in [0.05, 0.1) is 16.8 Å². The van der Waals surface area contributed by atoms with Crippen molar-refractivity contribution in [3.05, 3.63) is 84.4 Å². The van der Waals surface area contributed by atoms with E-state index in [1.807, 2.05) is 0 Å². The van der Waals surface area contributed by atoms with E-state index in [2.05, 4.69) is 9.88 Å². The van der Waals surface area contributed by atoms with Crippen LogP contribution < -0.4 is 10.0 Å². The Labute approximate surface area is 199 Å². The van der Waals surface area contributed by atoms with Crippen molar-refractivity contribution in [1.29, 1.82) is 0 Å². The van der Waals surface area contributed by atoms with Crippen LogP contribution in [0.15, 0.2) is 78.0 Å². The van der Waals surface area contributed by atoms with Crippen LogP contribution in [0.1, 0.15) is 23.2 Å². The highest BCUT2D eigenvalue weighted by atomic mass is 32.2. The molecule has 0 spiro atoms. The minimum atomic E-state index is -3.81. The molecule has 2 heterocycles. The number of benzene rings is 2. The Morgan fingerprint density at radius 2 is 1.74 bits per heavy atom. The molecule has 4 rings (SSSR count). The summed E-state index contributed by atoms with van der Waals surface area (Å²) in [4.78, 5) is 19.1. The Bertz CT molecular complexity index is 1210. The Balaban J connectivity index is 1.42. The molecule has 0 unspecified atom stereocenters. The first-order valence-corrected chi connectivity index (χ1v) is 12.6. The number of carbonyl (C=O) groups excluding carboxylic acids is 1. The molecule has 3 aromatic rings. The first kappa shape index (κ1) is 23.8. The SMILES string of the molecule is Nc1ccc(S(=O)(=O)N(CCN2CCC(C(=O)c3ccc(F)cc3)CC2)c2cccnc2)cc1. The van der Waals surface area contributed by atoms with E-state index in [9.17, 15) is 17.6 Å². The number of hydrogen-bond acceptors (Lipinski definition) is 6. The summed E-state index contributed by atoms with van der Waals surface area (Å²) in [5, 5.41) is 0. The van der Waals surface area contributed by atoms with E-state index < -0.39 is 10.0 Å². The second-order valence-electron chi connectivity index (χ2n) is 8.34. The van der Waals surface area contributed by atoms with Gasteiger partial charge in [0.2, 0.25) is 0 Å². The second kappa shape index (κ2) is 10.3. The molecule has 9 heteroatoms. The number of rotatable bonds is 8. The molecule has 0 aliphatic carbocycles. The monoisotopic (exact) mass is 482 g/mol. The number of nitrogen functional groups attached to an aromatic ring is 1. The number of sulfonamides is 1. The lowest BCUT2D eigenvalue weighted by atomic mass is 9.89. The van der Waals surface area contributed by atoms with E-state index in [1.54, 1.807) is 30.5 Å². The molecule has 0 saturated carbocycles. The number of Topliss-reactive ketones (excluding diaryl/α,β-unsaturated/α-hetero) is 1. The van der Waals surface area contributed by atoms with Gasteiger partial charge in [-0.2, -0.15) is 0 Å². The van der Waals surface area contributed by atoms with Crippen molar-refractivity contribution in [1.82, 2.24) is 9.88 Å². The predicted molar refractivity (Wildman–Crippen MR) is 130 cm³/mol. The molecule has 1 fully saturated rings. The molecule has 1 aliphatic heterocycles. The van der Waals surface area contributed by atoms with Crippen LogP contribution in [0, 0.1) is 11.7 Å². The Kier molecular flexibility index (Phi) is 7.23. The molecule has 1 saturated heterocycles. The number of halogens is 1. The maximum Gasteiger partial charge on any atom is 0.264 e. The molecule has 178 valence electrons. The normalized spacial score (nSPS) is 15.2. The molecule has 2 N–H and O–H groups in total. The van der Waals surface area contributed by atoms with Crippen LogP contribution in [0.25, 0.3) is 0 Å². The fraction of sp³-hybridized carbons (Fsp3) is 0.280. The summed E-state index contributed by atoms with van der Waals surface area (Å²) >= 11 is 0. The van der Waals surface area contributed by atoms with E-state index in [-0.39, 0.29) is 29.0 Å². The third-order valence-electron chi connectivity index (χ3n) is 6.11. The lowest BCUT2D eigenvalue weighted by molar-refractivity contribution is 0.0843. The molecule has 0 bridgehead atoms. The zero-order valence-electron chi connectivity index (χ0n) is 18.7. The standard InChI is InChI=1S/C25H27FN4O3S/c26-21-5-3-19(4-6-21)25(31)20-11-14-29(15-12-20)16-17-30(23-2-1-13-28-18-23)34(32,33)24-9-7-22(27)8-10-24/h1-10,13,18,20H,11-12,14-17,27H2. The van der Waals surface area contributed by atoms with Gasteiger partial charge in [-0.05, 0) is 86.6 Å². The second-order valence-corrected chi connectivity index (χ2v) is 10.2. The fourth-order valence-electron chi connectivity index (χ4n) is 4.16. The first-order valence-electron chi connectivity index (χ1n) is 11.1. The van der Waals surface area contributed by atoms with Gasteiger partial charge < -0.3 is 10.6 Å². The number of carbonyl (C=O) groups is 1. The molecule has 2 aromatic carbocycles. The quantitative estimate of drug-likeness (QED) is 0.389. The number of nitrogens with two attached hydrogens (primary N) is 1. The van der Waals surface area contributed by atoms with Gasteiger partial charge >= 0.3 is 0 Å². The van der Waals surface area contributed by atoms with Crippen LogP contribution in [0.2, 0.25) is 0 Å². The Morgan fingerprint density at radius 1 is 1.06 bits per heavy atom. The number of ketones is 1. The van der Waals surface area contributed by atoms with Gasteiger partial charge in [-0.3, -0.25) is 14.1 Å². The van der Waals surface area contributed by atoms with Crippen molar-refractivity contribution >= 4 is 27.2 Å². The molecule has 1 aromatic heterocycles. The highest BCUT2D eigenvalue weighted by Crippen LogP contribution is 2.25. The van der Waals surface area contributed by atoms with Crippen LogP contribution in [0.4, 0.5) is 15.8 Å².